The summed E-state index contributed by atoms with van der Waals surface area (Å²) in [5, 5.41) is 13.9. The molecule has 168 valence electrons. The number of ketones is 1. The third-order valence-electron chi connectivity index (χ3n) is 6.14. The van der Waals surface area contributed by atoms with Gasteiger partial charge in [0, 0.05) is 6.54 Å². The number of hydrogen-bond donors (Lipinski definition) is 2. The second-order valence-corrected chi connectivity index (χ2v) is 8.47. The summed E-state index contributed by atoms with van der Waals surface area (Å²) in [5.74, 6) is -0.296. The smallest absolute Gasteiger partial charge is 0.381 e. The normalized spacial score (nSPS) is 25.3. The first-order valence-corrected chi connectivity index (χ1v) is 10.3. The summed E-state index contributed by atoms with van der Waals surface area (Å²) in [6.07, 6.45) is -4.28. The molecule has 2 N–H and O–H groups in total. The number of nitrogens with one attached hydrogen (secondary N) is 1. The molecule has 2 aromatic rings. The molecule has 2 aromatic carbocycles. The monoisotopic (exact) mass is 435 g/mol. The average molecular weight is 435 g/mol. The minimum absolute atomic E-state index is 0.0810. The van der Waals surface area contributed by atoms with E-state index in [4.69, 9.17) is 4.74 Å². The van der Waals surface area contributed by atoms with Crippen LogP contribution in [0, 0.1) is 6.92 Å². The Kier molecular flexibility index (Phi) is 6.60. The molecule has 1 aliphatic rings. The number of alkyl halides is 3. The van der Waals surface area contributed by atoms with Crippen molar-refractivity contribution < 1.29 is 27.8 Å². The van der Waals surface area contributed by atoms with Gasteiger partial charge in [-0.3, -0.25) is 4.79 Å². The van der Waals surface area contributed by atoms with Gasteiger partial charge in [0.1, 0.15) is 5.60 Å². The van der Waals surface area contributed by atoms with Crippen LogP contribution in [0.3, 0.4) is 0 Å². The average Bonchev–Trinajstić information content (AvgIpc) is 2.73. The molecule has 4 nitrogen and oxygen atoms in total. The first-order chi connectivity index (χ1) is 14.5. The lowest BCUT2D eigenvalue weighted by Gasteiger charge is -2.44. The second kappa shape index (κ2) is 8.73. The summed E-state index contributed by atoms with van der Waals surface area (Å²) >= 11 is 0. The largest absolute Gasteiger partial charge is 0.416 e. The van der Waals surface area contributed by atoms with Crippen LogP contribution in [0.4, 0.5) is 13.2 Å². The van der Waals surface area contributed by atoms with Crippen LogP contribution in [0.2, 0.25) is 0 Å². The van der Waals surface area contributed by atoms with Gasteiger partial charge in [0.15, 0.2) is 5.78 Å². The number of aliphatic hydroxyl groups is 1. The molecule has 0 amide bonds. The zero-order chi connectivity index (χ0) is 22.9. The van der Waals surface area contributed by atoms with Crippen molar-refractivity contribution in [3.63, 3.8) is 0 Å². The van der Waals surface area contributed by atoms with Crippen molar-refractivity contribution >= 4 is 5.78 Å². The topological polar surface area (TPSA) is 58.6 Å². The van der Waals surface area contributed by atoms with Crippen LogP contribution >= 0.6 is 0 Å². The SMILES string of the molecule is CC(=O)C1(O)CC[C@@](CO[C@H](C)c2cc(C)cc(C(F)(F)F)c2)(c2ccccc2)NC1. The maximum atomic E-state index is 13.2. The Labute approximate surface area is 180 Å². The Morgan fingerprint density at radius 1 is 1.19 bits per heavy atom. The van der Waals surface area contributed by atoms with E-state index in [0.717, 1.165) is 17.7 Å². The Morgan fingerprint density at radius 2 is 1.87 bits per heavy atom. The van der Waals surface area contributed by atoms with Gasteiger partial charge in [0.05, 0.1) is 23.8 Å². The van der Waals surface area contributed by atoms with Crippen LogP contribution in [0.1, 0.15) is 55.0 Å². The second-order valence-electron chi connectivity index (χ2n) is 8.47. The van der Waals surface area contributed by atoms with E-state index in [1.807, 2.05) is 30.3 Å². The molecule has 3 rings (SSSR count). The number of carbonyl (C=O) groups is 1. The zero-order valence-electron chi connectivity index (χ0n) is 17.9. The van der Waals surface area contributed by atoms with E-state index in [2.05, 4.69) is 5.32 Å². The molecule has 1 saturated heterocycles. The lowest BCUT2D eigenvalue weighted by molar-refractivity contribution is -0.140. The van der Waals surface area contributed by atoms with Crippen LogP contribution in [-0.4, -0.2) is 29.6 Å². The van der Waals surface area contributed by atoms with E-state index in [1.165, 1.54) is 6.92 Å². The van der Waals surface area contributed by atoms with Gasteiger partial charge in [0.2, 0.25) is 0 Å². The van der Waals surface area contributed by atoms with Gasteiger partial charge in [-0.05, 0) is 56.9 Å². The molecule has 0 bridgehead atoms. The Morgan fingerprint density at radius 3 is 2.42 bits per heavy atom. The third-order valence-corrected chi connectivity index (χ3v) is 6.14. The third kappa shape index (κ3) is 5.17. The number of rotatable bonds is 6. The summed E-state index contributed by atoms with van der Waals surface area (Å²) in [7, 11) is 0. The summed E-state index contributed by atoms with van der Waals surface area (Å²) in [6.45, 7) is 4.98. The molecule has 1 aliphatic heterocycles. The van der Waals surface area contributed by atoms with Crippen molar-refractivity contribution in [2.24, 2.45) is 0 Å². The van der Waals surface area contributed by atoms with Gasteiger partial charge >= 0.3 is 6.18 Å². The highest BCUT2D eigenvalue weighted by molar-refractivity contribution is 5.85. The predicted molar refractivity (Wildman–Crippen MR) is 112 cm³/mol. The molecular weight excluding hydrogens is 407 g/mol. The maximum Gasteiger partial charge on any atom is 0.416 e. The number of β-amino-alcohol motifs (C(OH)–C–C–N with tert-alkyl or cyclic N) is 1. The van der Waals surface area contributed by atoms with Crippen LogP contribution in [0.25, 0.3) is 0 Å². The van der Waals surface area contributed by atoms with E-state index in [9.17, 15) is 23.1 Å². The zero-order valence-corrected chi connectivity index (χ0v) is 17.9. The minimum Gasteiger partial charge on any atom is -0.381 e. The number of carbonyl (C=O) groups excluding carboxylic acids is 1. The van der Waals surface area contributed by atoms with Gasteiger partial charge in [-0.2, -0.15) is 13.2 Å². The molecule has 0 saturated carbocycles. The quantitative estimate of drug-likeness (QED) is 0.691. The lowest BCUT2D eigenvalue weighted by atomic mass is 9.76. The lowest BCUT2D eigenvalue weighted by Crippen LogP contribution is -2.60. The summed E-state index contributed by atoms with van der Waals surface area (Å²) in [6, 6.07) is 13.5. The molecule has 0 aliphatic carbocycles. The molecule has 1 unspecified atom stereocenters. The fraction of sp³-hybridized carbons (Fsp3) is 0.458. The van der Waals surface area contributed by atoms with E-state index in [-0.39, 0.29) is 25.4 Å². The summed E-state index contributed by atoms with van der Waals surface area (Å²) in [5.41, 5.74) is -0.881. The molecule has 1 fully saturated rings. The van der Waals surface area contributed by atoms with E-state index in [0.29, 0.717) is 17.5 Å². The summed E-state index contributed by atoms with van der Waals surface area (Å²) in [4.78, 5) is 11.9. The van der Waals surface area contributed by atoms with Gasteiger partial charge in [-0.25, -0.2) is 0 Å². The number of Topliss-reactive ketones (excluding diaryl/α,β-unsaturated/α-hetero) is 1. The van der Waals surface area contributed by atoms with Gasteiger partial charge in [-0.15, -0.1) is 0 Å². The standard InChI is InChI=1S/C24H28F3NO3/c1-16-11-19(13-21(12-16)24(25,26)27)17(2)31-15-22(20-7-5-4-6-8-20)9-10-23(30,14-28-22)18(3)29/h4-8,11-13,17,28,30H,9-10,14-15H2,1-3H3/t17-,22-,23?/m1/s1. The molecule has 7 heteroatoms. The number of piperidine rings is 1. The van der Waals surface area contributed by atoms with Crippen molar-refractivity contribution in [2.75, 3.05) is 13.2 Å². The van der Waals surface area contributed by atoms with E-state index >= 15 is 0 Å². The first kappa shape index (κ1) is 23.4. The molecule has 31 heavy (non-hydrogen) atoms. The van der Waals surface area contributed by atoms with Crippen molar-refractivity contribution in [2.45, 2.75) is 57.0 Å². The highest BCUT2D eigenvalue weighted by atomic mass is 19.4. The van der Waals surface area contributed by atoms with Gasteiger partial charge in [-0.1, -0.05) is 42.0 Å². The number of hydrogen-bond acceptors (Lipinski definition) is 4. The first-order valence-electron chi connectivity index (χ1n) is 10.3. The number of ether oxygens (including phenoxy) is 1. The minimum atomic E-state index is -4.42. The molecule has 0 aromatic heterocycles. The highest BCUT2D eigenvalue weighted by Crippen LogP contribution is 2.37. The fourth-order valence-electron chi connectivity index (χ4n) is 4.00. The van der Waals surface area contributed by atoms with Crippen LogP contribution in [0.15, 0.2) is 48.5 Å². The Hall–Kier alpha value is -2.22. The molecular formula is C24H28F3NO3. The van der Waals surface area contributed by atoms with Crippen molar-refractivity contribution in [1.82, 2.24) is 5.32 Å². The van der Waals surface area contributed by atoms with Crippen molar-refractivity contribution in [1.29, 1.82) is 0 Å². The molecule has 1 heterocycles. The molecule has 0 radical (unpaired) electrons. The van der Waals surface area contributed by atoms with Gasteiger partial charge < -0.3 is 15.2 Å². The highest BCUT2D eigenvalue weighted by Gasteiger charge is 2.45. The van der Waals surface area contributed by atoms with Crippen LogP contribution < -0.4 is 5.32 Å². The van der Waals surface area contributed by atoms with Gasteiger partial charge in [0.25, 0.3) is 0 Å². The number of aryl methyl sites for hydroxylation is 1. The number of benzene rings is 2. The maximum absolute atomic E-state index is 13.2. The Bertz CT molecular complexity index is 919. The molecule has 3 atom stereocenters. The number of halogens is 3. The van der Waals surface area contributed by atoms with Crippen molar-refractivity contribution in [3.05, 3.63) is 70.8 Å². The predicted octanol–water partition coefficient (Wildman–Crippen LogP) is 4.69. The van der Waals surface area contributed by atoms with E-state index < -0.39 is 29.0 Å². The van der Waals surface area contributed by atoms with Crippen molar-refractivity contribution in [3.8, 4) is 0 Å². The summed E-state index contributed by atoms with van der Waals surface area (Å²) < 4.78 is 45.7. The Balaban J connectivity index is 1.82. The fourth-order valence-corrected chi connectivity index (χ4v) is 4.00. The molecule has 0 spiro atoms. The van der Waals surface area contributed by atoms with E-state index in [1.54, 1.807) is 19.9 Å². The van der Waals surface area contributed by atoms with Crippen LogP contribution in [0.5, 0.6) is 0 Å². The van der Waals surface area contributed by atoms with Crippen LogP contribution in [-0.2, 0) is 21.2 Å².